The summed E-state index contributed by atoms with van der Waals surface area (Å²) < 4.78 is 16.0. The highest BCUT2D eigenvalue weighted by Gasteiger charge is 2.18. The van der Waals surface area contributed by atoms with Crippen molar-refractivity contribution >= 4 is 5.91 Å². The van der Waals surface area contributed by atoms with Crippen molar-refractivity contribution in [2.24, 2.45) is 0 Å². The van der Waals surface area contributed by atoms with Crippen molar-refractivity contribution in [3.05, 3.63) is 23.8 Å². The van der Waals surface area contributed by atoms with E-state index < -0.39 is 6.10 Å². The van der Waals surface area contributed by atoms with Gasteiger partial charge in [-0.15, -0.1) is 0 Å². The lowest BCUT2D eigenvalue weighted by atomic mass is 10.1. The molecule has 0 saturated carbocycles. The quantitative estimate of drug-likeness (QED) is 0.875. The van der Waals surface area contributed by atoms with Gasteiger partial charge in [0.1, 0.15) is 0 Å². The summed E-state index contributed by atoms with van der Waals surface area (Å²) in [4.78, 5) is 13.8. The van der Waals surface area contributed by atoms with Crippen LogP contribution in [0.3, 0.4) is 0 Å². The minimum atomic E-state index is -0.704. The molecule has 21 heavy (non-hydrogen) atoms. The second kappa shape index (κ2) is 7.28. The summed E-state index contributed by atoms with van der Waals surface area (Å²) in [5.74, 6) is 1.07. The molecule has 6 nitrogen and oxygen atoms in total. The van der Waals surface area contributed by atoms with Gasteiger partial charge in [-0.3, -0.25) is 4.79 Å². The molecule has 1 amide bonds. The van der Waals surface area contributed by atoms with Crippen LogP contribution in [0.2, 0.25) is 0 Å². The molecule has 1 N–H and O–H groups in total. The number of hydrogen-bond donors (Lipinski definition) is 1. The van der Waals surface area contributed by atoms with E-state index in [0.29, 0.717) is 30.3 Å². The predicted molar refractivity (Wildman–Crippen MR) is 76.9 cm³/mol. The zero-order chi connectivity index (χ0) is 15.2. The highest BCUT2D eigenvalue weighted by atomic mass is 16.5. The Hall–Kier alpha value is -1.79. The molecular formula is C15H21NO5. The number of hydrogen-bond acceptors (Lipinski definition) is 5. The number of nitrogens with zero attached hydrogens (tertiary/aromatic N) is 1. The Kier molecular flexibility index (Phi) is 5.41. The Labute approximate surface area is 124 Å². The van der Waals surface area contributed by atoms with E-state index in [1.54, 1.807) is 25.2 Å². The van der Waals surface area contributed by atoms with E-state index in [4.69, 9.17) is 14.2 Å². The average Bonchev–Trinajstić information content (AvgIpc) is 2.70. The van der Waals surface area contributed by atoms with Crippen molar-refractivity contribution in [1.82, 2.24) is 4.90 Å². The number of amides is 1. The minimum Gasteiger partial charge on any atom is -0.490 e. The van der Waals surface area contributed by atoms with Gasteiger partial charge in [-0.25, -0.2) is 0 Å². The number of carbonyl (C=O) groups is 1. The van der Waals surface area contributed by atoms with Gasteiger partial charge in [-0.2, -0.15) is 0 Å². The first-order valence-electron chi connectivity index (χ1n) is 6.94. The number of fused-ring (bicyclic) bond motifs is 1. The fraction of sp³-hybridized carbons (Fsp3) is 0.533. The summed E-state index contributed by atoms with van der Waals surface area (Å²) in [5, 5.41) is 9.68. The fourth-order valence-corrected chi connectivity index (χ4v) is 2.16. The molecule has 1 aliphatic heterocycles. The summed E-state index contributed by atoms with van der Waals surface area (Å²) in [7, 11) is 3.15. The Morgan fingerprint density at radius 2 is 2.10 bits per heavy atom. The largest absolute Gasteiger partial charge is 0.490 e. The van der Waals surface area contributed by atoms with Crippen molar-refractivity contribution in [3.8, 4) is 11.5 Å². The summed E-state index contributed by atoms with van der Waals surface area (Å²) in [6.45, 7) is 1.59. The zero-order valence-electron chi connectivity index (χ0n) is 12.4. The van der Waals surface area contributed by atoms with Gasteiger partial charge in [-0.1, -0.05) is 0 Å². The number of carbonyl (C=O) groups excluding carboxylic acids is 1. The molecule has 0 saturated heterocycles. The van der Waals surface area contributed by atoms with Gasteiger partial charge in [0.2, 0.25) is 0 Å². The topological polar surface area (TPSA) is 68.2 Å². The van der Waals surface area contributed by atoms with Crippen LogP contribution in [0.4, 0.5) is 0 Å². The average molecular weight is 295 g/mol. The molecule has 0 bridgehead atoms. The highest BCUT2D eigenvalue weighted by Crippen LogP contribution is 2.30. The Bertz CT molecular complexity index is 491. The number of likely N-dealkylation sites (N-methyl/N-ethyl adjacent to an activating group) is 1. The molecule has 1 heterocycles. The number of methoxy groups -OCH3 is 1. The SMILES string of the molecule is COCC(O)CN(C)C(=O)c1ccc2c(c1)OCCCO2. The van der Waals surface area contributed by atoms with Crippen molar-refractivity contribution < 1.29 is 24.1 Å². The smallest absolute Gasteiger partial charge is 0.253 e. The Morgan fingerprint density at radius 1 is 1.38 bits per heavy atom. The molecule has 1 unspecified atom stereocenters. The first-order chi connectivity index (χ1) is 10.1. The maximum Gasteiger partial charge on any atom is 0.253 e. The molecule has 1 atom stereocenters. The second-order valence-corrected chi connectivity index (χ2v) is 5.01. The zero-order valence-corrected chi connectivity index (χ0v) is 12.4. The molecule has 0 aromatic heterocycles. The van der Waals surface area contributed by atoms with Gasteiger partial charge in [0.15, 0.2) is 11.5 Å². The lowest BCUT2D eigenvalue weighted by molar-refractivity contribution is 0.0380. The van der Waals surface area contributed by atoms with Crippen molar-refractivity contribution in [3.63, 3.8) is 0 Å². The lowest BCUT2D eigenvalue weighted by Crippen LogP contribution is -2.36. The summed E-state index contributed by atoms with van der Waals surface area (Å²) >= 11 is 0. The van der Waals surface area contributed by atoms with E-state index in [2.05, 4.69) is 0 Å². The van der Waals surface area contributed by atoms with E-state index in [0.717, 1.165) is 6.42 Å². The normalized spacial score (nSPS) is 15.2. The standard InChI is InChI=1S/C15H21NO5/c1-16(9-12(17)10-19-2)15(18)11-4-5-13-14(8-11)21-7-3-6-20-13/h4-5,8,12,17H,3,6-7,9-10H2,1-2H3. The molecule has 0 spiro atoms. The Balaban J connectivity index is 2.07. The predicted octanol–water partition coefficient (Wildman–Crippen LogP) is 0.927. The first-order valence-corrected chi connectivity index (χ1v) is 6.94. The van der Waals surface area contributed by atoms with E-state index in [-0.39, 0.29) is 19.1 Å². The number of ether oxygens (including phenoxy) is 3. The number of benzene rings is 1. The van der Waals surface area contributed by atoms with Crippen LogP contribution in [-0.2, 0) is 4.74 Å². The van der Waals surface area contributed by atoms with Gasteiger partial charge in [-0.05, 0) is 18.2 Å². The van der Waals surface area contributed by atoms with Crippen molar-refractivity contribution in [2.45, 2.75) is 12.5 Å². The van der Waals surface area contributed by atoms with Crippen LogP contribution in [-0.4, -0.2) is 62.5 Å². The highest BCUT2D eigenvalue weighted by molar-refractivity contribution is 5.94. The van der Waals surface area contributed by atoms with Gasteiger partial charge in [0.25, 0.3) is 5.91 Å². The van der Waals surface area contributed by atoms with Crippen LogP contribution in [0, 0.1) is 0 Å². The van der Waals surface area contributed by atoms with Crippen molar-refractivity contribution in [2.75, 3.05) is 40.5 Å². The third kappa shape index (κ3) is 4.09. The van der Waals surface area contributed by atoms with E-state index in [9.17, 15) is 9.90 Å². The molecule has 0 radical (unpaired) electrons. The van der Waals surface area contributed by atoms with Gasteiger partial charge in [0.05, 0.1) is 25.9 Å². The molecule has 0 aliphatic carbocycles. The van der Waals surface area contributed by atoms with E-state index >= 15 is 0 Å². The van der Waals surface area contributed by atoms with Crippen molar-refractivity contribution in [1.29, 1.82) is 0 Å². The monoisotopic (exact) mass is 295 g/mol. The first kappa shape index (κ1) is 15.6. The van der Waals surface area contributed by atoms with Crippen LogP contribution in [0.5, 0.6) is 11.5 Å². The van der Waals surface area contributed by atoms with Gasteiger partial charge < -0.3 is 24.2 Å². The molecule has 116 valence electrons. The third-order valence-electron chi connectivity index (χ3n) is 3.18. The van der Waals surface area contributed by atoms with E-state index in [1.165, 1.54) is 12.0 Å². The summed E-state index contributed by atoms with van der Waals surface area (Å²) in [6.07, 6.45) is 0.116. The second-order valence-electron chi connectivity index (χ2n) is 5.01. The molecule has 6 heteroatoms. The molecule has 1 aromatic rings. The molecule has 1 aromatic carbocycles. The number of aliphatic hydroxyl groups excluding tert-OH is 1. The van der Waals surface area contributed by atoms with Crippen LogP contribution < -0.4 is 9.47 Å². The molecule has 2 rings (SSSR count). The van der Waals surface area contributed by atoms with Crippen LogP contribution in [0.25, 0.3) is 0 Å². The Morgan fingerprint density at radius 3 is 2.81 bits per heavy atom. The summed E-state index contributed by atoms with van der Waals surface area (Å²) in [6, 6.07) is 5.13. The number of aliphatic hydroxyl groups is 1. The van der Waals surface area contributed by atoms with Gasteiger partial charge >= 0.3 is 0 Å². The maximum absolute atomic E-state index is 12.3. The minimum absolute atomic E-state index is 0.180. The van der Waals surface area contributed by atoms with Crippen LogP contribution >= 0.6 is 0 Å². The molecule has 0 fully saturated rings. The van der Waals surface area contributed by atoms with E-state index in [1.807, 2.05) is 0 Å². The van der Waals surface area contributed by atoms with Gasteiger partial charge in [0, 0.05) is 32.7 Å². The third-order valence-corrected chi connectivity index (χ3v) is 3.18. The number of rotatable bonds is 5. The maximum atomic E-state index is 12.3. The fourth-order valence-electron chi connectivity index (χ4n) is 2.16. The molecular weight excluding hydrogens is 274 g/mol. The van der Waals surface area contributed by atoms with Crippen LogP contribution in [0.1, 0.15) is 16.8 Å². The lowest BCUT2D eigenvalue weighted by Gasteiger charge is -2.21. The van der Waals surface area contributed by atoms with Crippen LogP contribution in [0.15, 0.2) is 18.2 Å². The summed E-state index contributed by atoms with van der Waals surface area (Å²) in [5.41, 5.74) is 0.506. The molecule has 1 aliphatic rings.